The first kappa shape index (κ1) is 20.1. The number of carbonyl (C=O) groups excluding carboxylic acids is 1. The molecule has 1 N–H and O–H groups in total. The Bertz CT molecular complexity index is 1240. The number of tetrazole rings is 1. The number of hydrogen-bond acceptors (Lipinski definition) is 7. The highest BCUT2D eigenvalue weighted by Crippen LogP contribution is 2.26. The van der Waals surface area contributed by atoms with Crippen LogP contribution in [0, 0.1) is 5.92 Å². The monoisotopic (exact) mass is 432 g/mol. The molecule has 0 unspecified atom stereocenters. The predicted octanol–water partition coefficient (Wildman–Crippen LogP) is 3.04. The number of rotatable bonds is 6. The van der Waals surface area contributed by atoms with Gasteiger partial charge in [-0.3, -0.25) is 4.79 Å². The Kier molecular flexibility index (Phi) is 5.49. The summed E-state index contributed by atoms with van der Waals surface area (Å²) in [5, 5.41) is 14.7. The molecule has 0 aliphatic heterocycles. The molecule has 32 heavy (non-hydrogen) atoms. The average Bonchev–Trinajstić information content (AvgIpc) is 3.41. The van der Waals surface area contributed by atoms with Gasteiger partial charge in [0.05, 0.1) is 16.7 Å². The molecule has 0 atom stereocenters. The minimum Gasteiger partial charge on any atom is -0.458 e. The molecule has 5 rings (SSSR count). The zero-order valence-electron chi connectivity index (χ0n) is 17.8. The Labute approximate surface area is 184 Å². The topological polar surface area (TPSA) is 113 Å². The summed E-state index contributed by atoms with van der Waals surface area (Å²) in [6.45, 7) is 0.182. The largest absolute Gasteiger partial charge is 0.458 e. The van der Waals surface area contributed by atoms with E-state index in [1.807, 2.05) is 36.4 Å². The van der Waals surface area contributed by atoms with Crippen LogP contribution >= 0.6 is 0 Å². The van der Waals surface area contributed by atoms with Gasteiger partial charge in [0.2, 0.25) is 5.91 Å². The van der Waals surface area contributed by atoms with Crippen molar-refractivity contribution in [3.8, 4) is 12.0 Å². The van der Waals surface area contributed by atoms with E-state index in [0.29, 0.717) is 23.5 Å². The summed E-state index contributed by atoms with van der Waals surface area (Å²) in [7, 11) is 1.76. The van der Waals surface area contributed by atoms with Gasteiger partial charge in [0, 0.05) is 13.0 Å². The molecule has 1 fully saturated rings. The van der Waals surface area contributed by atoms with Crippen LogP contribution in [0.3, 0.4) is 0 Å². The Balaban J connectivity index is 1.35. The molecule has 3 aromatic heterocycles. The number of aromatic nitrogens is 7. The number of nitrogens with one attached hydrogen (secondary N) is 1. The minimum atomic E-state index is 0.0480. The van der Waals surface area contributed by atoms with Crippen molar-refractivity contribution in [2.45, 2.75) is 38.7 Å². The molecular formula is C22H24N8O2. The van der Waals surface area contributed by atoms with Gasteiger partial charge in [-0.15, -0.1) is 0 Å². The van der Waals surface area contributed by atoms with Crippen molar-refractivity contribution >= 4 is 22.8 Å². The standard InChI is InChI=1S/C22H24N8O2/c1-29-21(26-27-28-29)30-18-12-6-5-11-17(18)24-22(30)32-14-16-10-7-13-19(23-16)25-20(31)15-8-3-2-4-9-15/h5-7,10-13,15H,2-4,8-9,14H2,1H3,(H,23,25,31). The highest BCUT2D eigenvalue weighted by molar-refractivity contribution is 5.91. The van der Waals surface area contributed by atoms with Crippen LogP contribution in [0.15, 0.2) is 42.5 Å². The summed E-state index contributed by atoms with van der Waals surface area (Å²) in [6, 6.07) is 13.6. The normalized spacial score (nSPS) is 14.5. The molecule has 10 heteroatoms. The highest BCUT2D eigenvalue weighted by Gasteiger charge is 2.22. The molecule has 1 saturated carbocycles. The summed E-state index contributed by atoms with van der Waals surface area (Å²) in [5.41, 5.74) is 2.29. The first-order chi connectivity index (χ1) is 15.7. The fourth-order valence-corrected chi connectivity index (χ4v) is 4.07. The number of amides is 1. The van der Waals surface area contributed by atoms with Crippen molar-refractivity contribution in [2.75, 3.05) is 5.32 Å². The molecule has 4 aromatic rings. The van der Waals surface area contributed by atoms with Crippen molar-refractivity contribution in [1.82, 2.24) is 34.7 Å². The number of fused-ring (bicyclic) bond motifs is 1. The minimum absolute atomic E-state index is 0.0480. The van der Waals surface area contributed by atoms with Crippen LogP contribution < -0.4 is 10.1 Å². The van der Waals surface area contributed by atoms with Crippen LogP contribution in [0.4, 0.5) is 5.82 Å². The molecule has 10 nitrogen and oxygen atoms in total. The van der Waals surface area contributed by atoms with Crippen molar-refractivity contribution in [1.29, 1.82) is 0 Å². The molecule has 1 aliphatic carbocycles. The van der Waals surface area contributed by atoms with Crippen LogP contribution in [0.2, 0.25) is 0 Å². The Morgan fingerprint density at radius 3 is 2.75 bits per heavy atom. The lowest BCUT2D eigenvalue weighted by Crippen LogP contribution is -2.25. The number of carbonyl (C=O) groups is 1. The number of para-hydroxylation sites is 2. The molecule has 0 radical (unpaired) electrons. The van der Waals surface area contributed by atoms with Gasteiger partial charge in [0.25, 0.3) is 5.95 Å². The maximum Gasteiger partial charge on any atom is 0.305 e. The second kappa shape index (κ2) is 8.74. The second-order valence-electron chi connectivity index (χ2n) is 7.95. The smallest absolute Gasteiger partial charge is 0.305 e. The zero-order chi connectivity index (χ0) is 21.9. The number of imidazole rings is 1. The molecule has 0 saturated heterocycles. The van der Waals surface area contributed by atoms with Crippen LogP contribution in [0.25, 0.3) is 17.0 Å². The van der Waals surface area contributed by atoms with E-state index >= 15 is 0 Å². The number of anilines is 1. The predicted molar refractivity (Wildman–Crippen MR) is 117 cm³/mol. The van der Waals surface area contributed by atoms with Gasteiger partial charge in [-0.2, -0.15) is 4.98 Å². The van der Waals surface area contributed by atoms with Gasteiger partial charge >= 0.3 is 6.01 Å². The van der Waals surface area contributed by atoms with Gasteiger partial charge < -0.3 is 10.1 Å². The Hall–Kier alpha value is -3.82. The van der Waals surface area contributed by atoms with Crippen molar-refractivity contribution in [3.05, 3.63) is 48.2 Å². The van der Waals surface area contributed by atoms with Crippen LogP contribution in [-0.4, -0.2) is 40.6 Å². The quantitative estimate of drug-likeness (QED) is 0.498. The molecule has 0 bridgehead atoms. The zero-order valence-corrected chi connectivity index (χ0v) is 17.8. The molecule has 1 aromatic carbocycles. The number of ether oxygens (including phenoxy) is 1. The first-order valence-electron chi connectivity index (χ1n) is 10.8. The molecule has 1 amide bonds. The van der Waals surface area contributed by atoms with E-state index in [1.54, 1.807) is 22.4 Å². The van der Waals surface area contributed by atoms with E-state index in [2.05, 4.69) is 30.8 Å². The third-order valence-corrected chi connectivity index (χ3v) is 5.71. The van der Waals surface area contributed by atoms with Gasteiger partial charge in [-0.1, -0.05) is 42.6 Å². The third-order valence-electron chi connectivity index (χ3n) is 5.71. The summed E-state index contributed by atoms with van der Waals surface area (Å²) in [6.07, 6.45) is 5.33. The van der Waals surface area contributed by atoms with Crippen molar-refractivity contribution in [3.63, 3.8) is 0 Å². The van der Waals surface area contributed by atoms with Gasteiger partial charge in [0.15, 0.2) is 0 Å². The number of pyridine rings is 1. The van der Waals surface area contributed by atoms with E-state index in [4.69, 9.17) is 4.74 Å². The van der Waals surface area contributed by atoms with Gasteiger partial charge in [-0.25, -0.2) is 14.2 Å². The van der Waals surface area contributed by atoms with E-state index in [9.17, 15) is 4.79 Å². The number of benzene rings is 1. The number of hydrogen-bond donors (Lipinski definition) is 1. The molecular weight excluding hydrogens is 408 g/mol. The van der Waals surface area contributed by atoms with E-state index in [1.165, 1.54) is 6.42 Å². The maximum atomic E-state index is 12.5. The van der Waals surface area contributed by atoms with E-state index in [-0.39, 0.29) is 18.4 Å². The molecule has 3 heterocycles. The third kappa shape index (κ3) is 4.03. The molecule has 0 spiro atoms. The lowest BCUT2D eigenvalue weighted by Gasteiger charge is -2.20. The van der Waals surface area contributed by atoms with Crippen LogP contribution in [-0.2, 0) is 18.4 Å². The fraction of sp³-hybridized carbons (Fsp3) is 0.364. The summed E-state index contributed by atoms with van der Waals surface area (Å²) in [5.74, 6) is 1.15. The van der Waals surface area contributed by atoms with Crippen LogP contribution in [0.5, 0.6) is 6.01 Å². The second-order valence-corrected chi connectivity index (χ2v) is 7.95. The molecule has 1 aliphatic rings. The van der Waals surface area contributed by atoms with Gasteiger partial charge in [-0.05, 0) is 47.5 Å². The van der Waals surface area contributed by atoms with Crippen molar-refractivity contribution in [2.24, 2.45) is 13.0 Å². The first-order valence-corrected chi connectivity index (χ1v) is 10.8. The number of nitrogens with zero attached hydrogens (tertiary/aromatic N) is 7. The summed E-state index contributed by atoms with van der Waals surface area (Å²) >= 11 is 0. The summed E-state index contributed by atoms with van der Waals surface area (Å²) < 4.78 is 9.36. The Morgan fingerprint density at radius 2 is 1.94 bits per heavy atom. The Morgan fingerprint density at radius 1 is 1.09 bits per heavy atom. The van der Waals surface area contributed by atoms with Crippen molar-refractivity contribution < 1.29 is 9.53 Å². The highest BCUT2D eigenvalue weighted by atomic mass is 16.5. The van der Waals surface area contributed by atoms with E-state index < -0.39 is 0 Å². The summed E-state index contributed by atoms with van der Waals surface area (Å²) in [4.78, 5) is 21.7. The van der Waals surface area contributed by atoms with Crippen LogP contribution in [0.1, 0.15) is 37.8 Å². The lowest BCUT2D eigenvalue weighted by atomic mass is 9.89. The van der Waals surface area contributed by atoms with E-state index in [0.717, 1.165) is 36.7 Å². The lowest BCUT2D eigenvalue weighted by molar-refractivity contribution is -0.120. The maximum absolute atomic E-state index is 12.5. The van der Waals surface area contributed by atoms with Gasteiger partial charge in [0.1, 0.15) is 12.4 Å². The average molecular weight is 432 g/mol. The molecule has 164 valence electrons. The SMILES string of the molecule is Cn1nnnc1-n1c(OCc2cccc(NC(=O)C3CCCCC3)n2)nc2ccccc21. The fourth-order valence-electron chi connectivity index (χ4n) is 4.07. The number of aryl methyl sites for hydroxylation is 1.